The Hall–Kier alpha value is -3.43. The van der Waals surface area contributed by atoms with Crippen LogP contribution in [0.2, 0.25) is 0 Å². The Labute approximate surface area is 186 Å². The number of rotatable bonds is 10. The summed E-state index contributed by atoms with van der Waals surface area (Å²) in [6, 6.07) is 13.3. The van der Waals surface area contributed by atoms with E-state index in [1.807, 2.05) is 6.92 Å². The van der Waals surface area contributed by atoms with Gasteiger partial charge in [-0.25, -0.2) is 0 Å². The lowest BCUT2D eigenvalue weighted by Gasteiger charge is -2.13. The van der Waals surface area contributed by atoms with E-state index in [4.69, 9.17) is 26.4 Å². The van der Waals surface area contributed by atoms with E-state index in [0.717, 1.165) is 0 Å². The van der Waals surface area contributed by atoms with E-state index in [0.29, 0.717) is 42.4 Å². The number of hydrogen-bond donors (Lipinski definition) is 3. The number of carbonyl (C=O) groups excluding carboxylic acids is 2. The Kier molecular flexibility index (Phi) is 9.99. The van der Waals surface area contributed by atoms with Crippen LogP contribution in [-0.4, -0.2) is 43.4 Å². The maximum Gasteiger partial charge on any atom is 0.273 e. The van der Waals surface area contributed by atoms with Gasteiger partial charge in [-0.2, -0.15) is 0 Å². The Morgan fingerprint density at radius 2 is 1.74 bits per heavy atom. The van der Waals surface area contributed by atoms with Gasteiger partial charge in [-0.15, -0.1) is 0 Å². The molecule has 0 bridgehead atoms. The number of carbonyl (C=O) groups is 2. The van der Waals surface area contributed by atoms with Crippen LogP contribution in [0, 0.1) is 0 Å². The van der Waals surface area contributed by atoms with Crippen LogP contribution in [0.3, 0.4) is 0 Å². The van der Waals surface area contributed by atoms with Gasteiger partial charge in [-0.1, -0.05) is 24.8 Å². The van der Waals surface area contributed by atoms with Gasteiger partial charge in [0.05, 0.1) is 12.2 Å². The van der Waals surface area contributed by atoms with Gasteiger partial charge in [0.2, 0.25) is 0 Å². The minimum atomic E-state index is -0.468. The summed E-state index contributed by atoms with van der Waals surface area (Å²) >= 11 is 5.07. The van der Waals surface area contributed by atoms with Crippen LogP contribution in [0.4, 0.5) is 0 Å². The monoisotopic (exact) mass is 443 g/mol. The fourth-order valence-corrected chi connectivity index (χ4v) is 2.53. The molecule has 0 aliphatic carbocycles. The van der Waals surface area contributed by atoms with Gasteiger partial charge in [0.15, 0.2) is 5.11 Å². The zero-order chi connectivity index (χ0) is 22.5. The number of amides is 2. The molecule has 0 aliphatic rings. The van der Waals surface area contributed by atoms with E-state index in [-0.39, 0.29) is 11.7 Å². The first-order valence-corrected chi connectivity index (χ1v) is 10.0. The van der Waals surface area contributed by atoms with E-state index in [2.05, 4.69) is 22.7 Å². The molecule has 3 N–H and O–H groups in total. The van der Waals surface area contributed by atoms with Gasteiger partial charge in [-0.05, 0) is 55.5 Å². The van der Waals surface area contributed by atoms with Crippen molar-refractivity contribution in [2.75, 3.05) is 26.4 Å². The molecule has 2 amide bonds. The molecule has 2 aromatic rings. The molecular weight excluding hydrogens is 418 g/mol. The second kappa shape index (κ2) is 13.0. The lowest BCUT2D eigenvalue weighted by atomic mass is 10.2. The summed E-state index contributed by atoms with van der Waals surface area (Å²) < 4.78 is 16.2. The van der Waals surface area contributed by atoms with E-state index in [1.165, 1.54) is 0 Å². The van der Waals surface area contributed by atoms with Crippen molar-refractivity contribution in [2.45, 2.75) is 6.92 Å². The Morgan fingerprint density at radius 3 is 2.45 bits per heavy atom. The maximum atomic E-state index is 12.4. The van der Waals surface area contributed by atoms with Crippen LogP contribution in [0.1, 0.15) is 27.6 Å². The number of hydrazine groups is 1. The lowest BCUT2D eigenvalue weighted by Crippen LogP contribution is -2.48. The highest BCUT2D eigenvalue weighted by Crippen LogP contribution is 2.17. The quantitative estimate of drug-likeness (QED) is 0.225. The van der Waals surface area contributed by atoms with E-state index in [9.17, 15) is 9.59 Å². The Balaban J connectivity index is 1.82. The molecule has 0 saturated heterocycles. The number of benzene rings is 2. The standard InChI is InChI=1S/C22H25N3O5S/c1-3-13-30-19-8-6-5-7-18(19)21(27)24-25-22(31)23-20(26)16-9-11-17(12-10-16)29-15-14-28-4-2/h3,5-12H,1,4,13-15H2,2H3,(H,24,27)(H2,23,25,26,31). The van der Waals surface area contributed by atoms with Gasteiger partial charge in [0.1, 0.15) is 24.7 Å². The van der Waals surface area contributed by atoms with Crippen molar-refractivity contribution in [2.24, 2.45) is 0 Å². The second-order valence-corrected chi connectivity index (χ2v) is 6.44. The molecule has 0 aliphatic heterocycles. The van der Waals surface area contributed by atoms with Crippen LogP contribution in [-0.2, 0) is 4.74 Å². The van der Waals surface area contributed by atoms with Crippen LogP contribution in [0.15, 0.2) is 61.2 Å². The summed E-state index contributed by atoms with van der Waals surface area (Å²) in [4.78, 5) is 24.7. The average molecular weight is 444 g/mol. The predicted octanol–water partition coefficient (Wildman–Crippen LogP) is 2.62. The highest BCUT2D eigenvalue weighted by Gasteiger charge is 2.13. The summed E-state index contributed by atoms with van der Waals surface area (Å²) in [5, 5.41) is 2.44. The third kappa shape index (κ3) is 8.07. The largest absolute Gasteiger partial charge is 0.491 e. The van der Waals surface area contributed by atoms with Gasteiger partial charge in [0.25, 0.3) is 11.8 Å². The molecule has 0 spiro atoms. The summed E-state index contributed by atoms with van der Waals surface area (Å²) in [7, 11) is 0. The summed E-state index contributed by atoms with van der Waals surface area (Å²) in [6.07, 6.45) is 1.58. The molecule has 0 radical (unpaired) electrons. The SMILES string of the molecule is C=CCOc1ccccc1C(=O)NNC(=S)NC(=O)c1ccc(OCCOCC)cc1. The highest BCUT2D eigenvalue weighted by atomic mass is 32.1. The third-order valence-corrected chi connectivity index (χ3v) is 4.03. The number of hydrogen-bond acceptors (Lipinski definition) is 6. The average Bonchev–Trinajstić information content (AvgIpc) is 2.79. The molecule has 0 heterocycles. The molecule has 164 valence electrons. The number of ether oxygens (including phenoxy) is 3. The first-order chi connectivity index (χ1) is 15.0. The first kappa shape index (κ1) is 23.8. The van der Waals surface area contributed by atoms with Crippen molar-refractivity contribution in [1.82, 2.24) is 16.2 Å². The number of para-hydroxylation sites is 1. The second-order valence-electron chi connectivity index (χ2n) is 6.03. The predicted molar refractivity (Wildman–Crippen MR) is 121 cm³/mol. The maximum absolute atomic E-state index is 12.4. The molecule has 31 heavy (non-hydrogen) atoms. The fourth-order valence-electron chi connectivity index (χ4n) is 2.38. The van der Waals surface area contributed by atoms with Crippen molar-refractivity contribution in [3.8, 4) is 11.5 Å². The summed E-state index contributed by atoms with van der Waals surface area (Å²) in [5.74, 6) is 0.133. The molecule has 9 heteroatoms. The zero-order valence-corrected chi connectivity index (χ0v) is 18.0. The molecule has 0 fully saturated rings. The van der Waals surface area contributed by atoms with Crippen molar-refractivity contribution < 1.29 is 23.8 Å². The number of nitrogens with one attached hydrogen (secondary N) is 3. The van der Waals surface area contributed by atoms with E-state index in [1.54, 1.807) is 54.6 Å². The molecule has 0 saturated carbocycles. The van der Waals surface area contributed by atoms with Crippen molar-refractivity contribution in [3.05, 3.63) is 72.3 Å². The highest BCUT2D eigenvalue weighted by molar-refractivity contribution is 7.80. The van der Waals surface area contributed by atoms with Gasteiger partial charge >= 0.3 is 0 Å². The molecule has 8 nitrogen and oxygen atoms in total. The van der Waals surface area contributed by atoms with Crippen LogP contribution >= 0.6 is 12.2 Å². The molecule has 0 unspecified atom stereocenters. The molecule has 2 aromatic carbocycles. The third-order valence-electron chi connectivity index (χ3n) is 3.82. The molecule has 0 atom stereocenters. The Bertz CT molecular complexity index is 902. The molecule has 0 aromatic heterocycles. The van der Waals surface area contributed by atoms with Crippen molar-refractivity contribution >= 4 is 29.1 Å². The minimum absolute atomic E-state index is 0.0557. The van der Waals surface area contributed by atoms with Gasteiger partial charge in [-0.3, -0.25) is 25.8 Å². The first-order valence-electron chi connectivity index (χ1n) is 9.60. The number of thiocarbonyl (C=S) groups is 1. The van der Waals surface area contributed by atoms with Crippen LogP contribution in [0.5, 0.6) is 11.5 Å². The van der Waals surface area contributed by atoms with Crippen molar-refractivity contribution in [1.29, 1.82) is 0 Å². The summed E-state index contributed by atoms with van der Waals surface area (Å²) in [6.45, 7) is 7.31. The van der Waals surface area contributed by atoms with Crippen LogP contribution in [0.25, 0.3) is 0 Å². The van der Waals surface area contributed by atoms with E-state index >= 15 is 0 Å². The van der Waals surface area contributed by atoms with Crippen LogP contribution < -0.4 is 25.6 Å². The molecule has 2 rings (SSSR count). The summed E-state index contributed by atoms with van der Waals surface area (Å²) in [5.41, 5.74) is 5.63. The zero-order valence-electron chi connectivity index (χ0n) is 17.2. The Morgan fingerprint density at radius 1 is 1.00 bits per heavy atom. The van der Waals surface area contributed by atoms with Crippen molar-refractivity contribution in [3.63, 3.8) is 0 Å². The van der Waals surface area contributed by atoms with Gasteiger partial charge < -0.3 is 14.2 Å². The smallest absolute Gasteiger partial charge is 0.273 e. The van der Waals surface area contributed by atoms with Gasteiger partial charge in [0, 0.05) is 12.2 Å². The van der Waals surface area contributed by atoms with E-state index < -0.39 is 11.8 Å². The minimum Gasteiger partial charge on any atom is -0.491 e. The lowest BCUT2D eigenvalue weighted by molar-refractivity contribution is 0.0931. The molecular formula is C22H25N3O5S. The topological polar surface area (TPSA) is 97.9 Å². The normalized spacial score (nSPS) is 9.97. The fraction of sp³-hybridized carbons (Fsp3) is 0.227.